The number of ether oxygens (including phenoxy) is 2. The zero-order valence-corrected chi connectivity index (χ0v) is 13.2. The van der Waals surface area contributed by atoms with Crippen molar-refractivity contribution in [1.29, 1.82) is 0 Å². The van der Waals surface area contributed by atoms with Gasteiger partial charge in [0.2, 0.25) is 0 Å². The molecule has 0 aromatic heterocycles. The maximum Gasteiger partial charge on any atom is 0.123 e. The highest BCUT2D eigenvalue weighted by molar-refractivity contribution is 5.39. The summed E-state index contributed by atoms with van der Waals surface area (Å²) < 4.78 is 10.8. The fourth-order valence-electron chi connectivity index (χ4n) is 2.77. The Morgan fingerprint density at radius 2 is 2.05 bits per heavy atom. The van der Waals surface area contributed by atoms with Gasteiger partial charge in [0.1, 0.15) is 11.5 Å². The molecule has 0 amide bonds. The van der Waals surface area contributed by atoms with Crippen molar-refractivity contribution in [3.63, 3.8) is 0 Å². The van der Waals surface area contributed by atoms with Gasteiger partial charge >= 0.3 is 0 Å². The van der Waals surface area contributed by atoms with E-state index in [1.54, 1.807) is 13.2 Å². The molecule has 2 rings (SSSR count). The fraction of sp³-hybridized carbons (Fsp3) is 0.647. The van der Waals surface area contributed by atoms with Crippen molar-refractivity contribution in [3.8, 4) is 11.5 Å². The van der Waals surface area contributed by atoms with Crippen molar-refractivity contribution >= 4 is 0 Å². The number of nitrogens with zero attached hydrogens (tertiary/aromatic N) is 1. The van der Waals surface area contributed by atoms with Crippen LogP contribution in [0.1, 0.15) is 31.7 Å². The van der Waals surface area contributed by atoms with Crippen LogP contribution in [0.4, 0.5) is 0 Å². The smallest absolute Gasteiger partial charge is 0.123 e. The van der Waals surface area contributed by atoms with Crippen LogP contribution in [-0.2, 0) is 11.3 Å². The quantitative estimate of drug-likeness (QED) is 0.839. The van der Waals surface area contributed by atoms with Crippen LogP contribution in [0, 0.1) is 5.92 Å². The van der Waals surface area contributed by atoms with Gasteiger partial charge in [-0.3, -0.25) is 4.90 Å². The lowest BCUT2D eigenvalue weighted by atomic mass is 9.97. The number of benzene rings is 1. The zero-order valence-electron chi connectivity index (χ0n) is 13.2. The second-order valence-electron chi connectivity index (χ2n) is 5.81. The maximum atomic E-state index is 10.1. The van der Waals surface area contributed by atoms with E-state index >= 15 is 0 Å². The molecule has 4 heteroatoms. The molecule has 1 aromatic carbocycles. The Balaban J connectivity index is 1.86. The van der Waals surface area contributed by atoms with E-state index in [0.29, 0.717) is 18.3 Å². The third-order valence-electron chi connectivity index (χ3n) is 4.03. The van der Waals surface area contributed by atoms with Gasteiger partial charge in [0.05, 0.1) is 6.61 Å². The summed E-state index contributed by atoms with van der Waals surface area (Å²) in [6.07, 6.45) is 3.32. The average Bonchev–Trinajstić information content (AvgIpc) is 2.50. The standard InChI is InChI=1S/C17H27NO3/c1-3-10-21-16-5-4-15(17(19)11-16)12-18-8-6-14(7-9-18)13-20-2/h4-5,11,14,19H,3,6-10,12-13H2,1-2H3. The third kappa shape index (κ3) is 4.90. The number of piperidine rings is 1. The van der Waals surface area contributed by atoms with Crippen molar-refractivity contribution in [2.75, 3.05) is 33.4 Å². The first-order valence-electron chi connectivity index (χ1n) is 7.89. The monoisotopic (exact) mass is 293 g/mol. The highest BCUT2D eigenvalue weighted by Gasteiger charge is 2.19. The number of phenols is 1. The molecule has 0 bridgehead atoms. The highest BCUT2D eigenvalue weighted by Crippen LogP contribution is 2.26. The molecule has 1 aliphatic rings. The van der Waals surface area contributed by atoms with Gasteiger partial charge in [-0.05, 0) is 44.3 Å². The lowest BCUT2D eigenvalue weighted by molar-refractivity contribution is 0.0965. The Labute approximate surface area is 127 Å². The number of phenolic OH excluding ortho intramolecular Hbond substituents is 1. The van der Waals surface area contributed by atoms with E-state index in [-0.39, 0.29) is 0 Å². The predicted molar refractivity (Wildman–Crippen MR) is 83.8 cm³/mol. The molecular formula is C17H27NO3. The molecular weight excluding hydrogens is 266 g/mol. The number of hydrogen-bond acceptors (Lipinski definition) is 4. The topological polar surface area (TPSA) is 41.9 Å². The molecule has 0 saturated carbocycles. The highest BCUT2D eigenvalue weighted by atomic mass is 16.5. The molecule has 21 heavy (non-hydrogen) atoms. The predicted octanol–water partition coefficient (Wildman–Crippen LogP) is 3.04. The van der Waals surface area contributed by atoms with Crippen LogP contribution >= 0.6 is 0 Å². The molecule has 1 N–H and O–H groups in total. The van der Waals surface area contributed by atoms with Gasteiger partial charge in [-0.15, -0.1) is 0 Å². The summed E-state index contributed by atoms with van der Waals surface area (Å²) in [7, 11) is 1.77. The lowest BCUT2D eigenvalue weighted by Crippen LogP contribution is -2.34. The summed E-state index contributed by atoms with van der Waals surface area (Å²) >= 11 is 0. The molecule has 1 heterocycles. The zero-order chi connectivity index (χ0) is 15.1. The SMILES string of the molecule is CCCOc1ccc(CN2CCC(COC)CC2)c(O)c1. The summed E-state index contributed by atoms with van der Waals surface area (Å²) in [5, 5.41) is 10.1. The summed E-state index contributed by atoms with van der Waals surface area (Å²) in [5.74, 6) is 1.77. The van der Waals surface area contributed by atoms with Gasteiger partial charge in [0.25, 0.3) is 0 Å². The molecule has 1 aliphatic heterocycles. The van der Waals surface area contributed by atoms with Crippen LogP contribution in [0.5, 0.6) is 11.5 Å². The first kappa shape index (κ1) is 16.1. The van der Waals surface area contributed by atoms with E-state index in [1.165, 1.54) is 12.8 Å². The van der Waals surface area contributed by atoms with E-state index in [9.17, 15) is 5.11 Å². The van der Waals surface area contributed by atoms with Crippen LogP contribution in [0.15, 0.2) is 18.2 Å². The summed E-state index contributed by atoms with van der Waals surface area (Å²) in [5.41, 5.74) is 0.976. The fourth-order valence-corrected chi connectivity index (χ4v) is 2.77. The maximum absolute atomic E-state index is 10.1. The third-order valence-corrected chi connectivity index (χ3v) is 4.03. The first-order chi connectivity index (χ1) is 10.2. The van der Waals surface area contributed by atoms with Crippen molar-refractivity contribution in [1.82, 2.24) is 4.90 Å². The molecule has 0 aliphatic carbocycles. The first-order valence-corrected chi connectivity index (χ1v) is 7.89. The summed E-state index contributed by atoms with van der Waals surface area (Å²) in [6.45, 7) is 6.57. The number of hydrogen-bond donors (Lipinski definition) is 1. The molecule has 0 radical (unpaired) electrons. The Morgan fingerprint density at radius 1 is 1.29 bits per heavy atom. The Morgan fingerprint density at radius 3 is 2.67 bits per heavy atom. The minimum Gasteiger partial charge on any atom is -0.507 e. The number of likely N-dealkylation sites (tertiary alicyclic amines) is 1. The van der Waals surface area contributed by atoms with Crippen molar-refractivity contribution in [2.45, 2.75) is 32.7 Å². The van der Waals surface area contributed by atoms with Gasteiger partial charge in [0, 0.05) is 31.9 Å². The second kappa shape index (κ2) is 8.25. The van der Waals surface area contributed by atoms with E-state index in [1.807, 2.05) is 12.1 Å². The number of methoxy groups -OCH3 is 1. The molecule has 0 unspecified atom stereocenters. The van der Waals surface area contributed by atoms with E-state index in [0.717, 1.165) is 44.0 Å². The van der Waals surface area contributed by atoms with Gasteiger partial charge in [-0.25, -0.2) is 0 Å². The van der Waals surface area contributed by atoms with Crippen LogP contribution < -0.4 is 4.74 Å². The molecule has 0 spiro atoms. The second-order valence-corrected chi connectivity index (χ2v) is 5.81. The molecule has 0 atom stereocenters. The van der Waals surface area contributed by atoms with E-state index in [2.05, 4.69) is 11.8 Å². The Kier molecular flexibility index (Phi) is 6.33. The van der Waals surface area contributed by atoms with Crippen molar-refractivity contribution in [3.05, 3.63) is 23.8 Å². The lowest BCUT2D eigenvalue weighted by Gasteiger charge is -2.31. The summed E-state index contributed by atoms with van der Waals surface area (Å²) in [4.78, 5) is 2.40. The van der Waals surface area contributed by atoms with E-state index < -0.39 is 0 Å². The van der Waals surface area contributed by atoms with Crippen LogP contribution in [0.25, 0.3) is 0 Å². The van der Waals surface area contributed by atoms with Crippen LogP contribution in [0.2, 0.25) is 0 Å². The largest absolute Gasteiger partial charge is 0.507 e. The molecule has 1 fully saturated rings. The number of rotatable bonds is 7. The number of aromatic hydroxyl groups is 1. The molecule has 1 saturated heterocycles. The minimum absolute atomic E-state index is 0.336. The van der Waals surface area contributed by atoms with Crippen LogP contribution in [0.3, 0.4) is 0 Å². The molecule has 1 aromatic rings. The minimum atomic E-state index is 0.336. The van der Waals surface area contributed by atoms with Crippen LogP contribution in [-0.4, -0.2) is 43.4 Å². The van der Waals surface area contributed by atoms with Crippen molar-refractivity contribution < 1.29 is 14.6 Å². The summed E-state index contributed by atoms with van der Waals surface area (Å²) in [6, 6.07) is 5.65. The Bertz CT molecular complexity index is 428. The average molecular weight is 293 g/mol. The van der Waals surface area contributed by atoms with E-state index in [4.69, 9.17) is 9.47 Å². The normalized spacial score (nSPS) is 17.0. The van der Waals surface area contributed by atoms with Crippen molar-refractivity contribution in [2.24, 2.45) is 5.92 Å². The Hall–Kier alpha value is -1.26. The van der Waals surface area contributed by atoms with Gasteiger partial charge < -0.3 is 14.6 Å². The van der Waals surface area contributed by atoms with Gasteiger partial charge in [-0.1, -0.05) is 13.0 Å². The molecule has 118 valence electrons. The molecule has 4 nitrogen and oxygen atoms in total. The van der Waals surface area contributed by atoms with Gasteiger partial charge in [0.15, 0.2) is 0 Å². The van der Waals surface area contributed by atoms with Gasteiger partial charge in [-0.2, -0.15) is 0 Å².